The van der Waals surface area contributed by atoms with E-state index in [0.717, 1.165) is 6.26 Å². The maximum Gasteiger partial charge on any atom is 0.233 e. The van der Waals surface area contributed by atoms with Gasteiger partial charge in [0.2, 0.25) is 11.6 Å². The Morgan fingerprint density at radius 1 is 1.10 bits per heavy atom. The summed E-state index contributed by atoms with van der Waals surface area (Å²) in [6.07, 6.45) is 6.48. The molecule has 0 unspecified atom stereocenters. The van der Waals surface area contributed by atoms with Crippen LogP contribution in [0.15, 0.2) is 53.0 Å². The maximum atomic E-state index is 12.1. The molecule has 0 amide bonds. The molecule has 0 bridgehead atoms. The van der Waals surface area contributed by atoms with Crippen LogP contribution < -0.4 is 0 Å². The lowest BCUT2D eigenvalue weighted by molar-refractivity contribution is -0.111. The van der Waals surface area contributed by atoms with Crippen molar-refractivity contribution in [1.82, 2.24) is 0 Å². The van der Waals surface area contributed by atoms with E-state index in [4.69, 9.17) is 12.2 Å². The average Bonchev–Trinajstić information content (AvgIpc) is 2.45. The van der Waals surface area contributed by atoms with Crippen molar-refractivity contribution < 1.29 is 18.0 Å². The minimum Gasteiger partial charge on any atom is -0.285 e. The quantitative estimate of drug-likeness (QED) is 0.483. The minimum absolute atomic E-state index is 0.101. The summed E-state index contributed by atoms with van der Waals surface area (Å²) in [6, 6.07) is 5.29. The van der Waals surface area contributed by atoms with Crippen molar-refractivity contribution in [3.05, 3.63) is 53.6 Å². The Morgan fingerprint density at radius 3 is 2.24 bits per heavy atom. The van der Waals surface area contributed by atoms with Gasteiger partial charge in [0.15, 0.2) is 9.84 Å². The van der Waals surface area contributed by atoms with Crippen LogP contribution in [0.4, 0.5) is 0 Å². The summed E-state index contributed by atoms with van der Waals surface area (Å²) in [5, 5.41) is 0. The van der Waals surface area contributed by atoms with Gasteiger partial charge >= 0.3 is 0 Å². The van der Waals surface area contributed by atoms with Crippen LogP contribution in [0.25, 0.3) is 0 Å². The summed E-state index contributed by atoms with van der Waals surface area (Å²) in [6.45, 7) is 0. The third kappa shape index (κ3) is 3.59. The third-order valence-corrected chi connectivity index (χ3v) is 4.36. The molecule has 1 aromatic carbocycles. The highest BCUT2D eigenvalue weighted by atomic mass is 32.2. The number of Topliss-reactive ketones (excluding diaryl/α,β-unsaturated/α-hetero) is 2. The van der Waals surface area contributed by atoms with Crippen molar-refractivity contribution >= 4 is 38.5 Å². The second kappa shape index (κ2) is 5.83. The van der Waals surface area contributed by atoms with E-state index in [1.54, 1.807) is 12.2 Å². The average molecular weight is 320 g/mol. The molecule has 0 spiro atoms. The van der Waals surface area contributed by atoms with Gasteiger partial charge in [0.05, 0.1) is 4.90 Å². The summed E-state index contributed by atoms with van der Waals surface area (Å²) >= 11 is 5.01. The van der Waals surface area contributed by atoms with E-state index in [1.807, 2.05) is 0 Å². The number of allylic oxidation sites excluding steroid dienone is 4. The number of hydrogen-bond donors (Lipinski definition) is 0. The zero-order valence-corrected chi connectivity index (χ0v) is 12.8. The van der Waals surface area contributed by atoms with Gasteiger partial charge in [-0.25, -0.2) is 8.42 Å². The standard InChI is InChI=1S/C15H12O4S2/c1-21(18,19)13-7-5-10(6-8-13)14(16)15(17)11-3-2-4-12(20)9-11/h2-3,5-9H,4H2,1H3. The van der Waals surface area contributed by atoms with Gasteiger partial charge in [-0.3, -0.25) is 9.59 Å². The van der Waals surface area contributed by atoms with Crippen LogP contribution in [-0.4, -0.2) is 31.1 Å². The molecular weight excluding hydrogens is 308 g/mol. The molecule has 0 aliphatic heterocycles. The number of carbonyl (C=O) groups excluding carboxylic acids is 2. The number of rotatable bonds is 4. The van der Waals surface area contributed by atoms with Crippen molar-refractivity contribution in [2.75, 3.05) is 6.26 Å². The van der Waals surface area contributed by atoms with E-state index < -0.39 is 21.4 Å². The molecule has 0 radical (unpaired) electrons. The number of ketones is 2. The lowest BCUT2D eigenvalue weighted by Crippen LogP contribution is -2.17. The molecule has 1 aromatic rings. The first kappa shape index (κ1) is 15.5. The van der Waals surface area contributed by atoms with Gasteiger partial charge in [-0.1, -0.05) is 24.4 Å². The number of sulfone groups is 1. The molecule has 0 fully saturated rings. The Morgan fingerprint density at radius 2 is 1.71 bits per heavy atom. The molecular formula is C15H12O4S2. The Labute approximate surface area is 128 Å². The molecule has 0 N–H and O–H groups in total. The maximum absolute atomic E-state index is 12.1. The van der Waals surface area contributed by atoms with Crippen molar-refractivity contribution in [3.8, 4) is 0 Å². The molecule has 4 nitrogen and oxygen atoms in total. The van der Waals surface area contributed by atoms with Crippen LogP contribution in [-0.2, 0) is 14.6 Å². The molecule has 21 heavy (non-hydrogen) atoms. The smallest absolute Gasteiger partial charge is 0.233 e. The van der Waals surface area contributed by atoms with Crippen LogP contribution in [0.2, 0.25) is 0 Å². The lowest BCUT2D eigenvalue weighted by atomic mass is 9.97. The molecule has 0 saturated carbocycles. The van der Waals surface area contributed by atoms with E-state index in [1.165, 1.54) is 30.3 Å². The largest absolute Gasteiger partial charge is 0.285 e. The van der Waals surface area contributed by atoms with Crippen molar-refractivity contribution in [2.24, 2.45) is 0 Å². The highest BCUT2D eigenvalue weighted by Gasteiger charge is 2.21. The highest BCUT2D eigenvalue weighted by molar-refractivity contribution is 7.90. The normalized spacial score (nSPS) is 14.7. The van der Waals surface area contributed by atoms with E-state index in [-0.39, 0.29) is 16.0 Å². The predicted octanol–water partition coefficient (Wildman–Crippen LogP) is 2.10. The molecule has 0 heterocycles. The number of carbonyl (C=O) groups is 2. The summed E-state index contributed by atoms with van der Waals surface area (Å²) < 4.78 is 22.7. The summed E-state index contributed by atoms with van der Waals surface area (Å²) in [5.74, 6) is -1.34. The fourth-order valence-electron chi connectivity index (χ4n) is 1.84. The first-order valence-electron chi connectivity index (χ1n) is 6.09. The van der Waals surface area contributed by atoms with Crippen molar-refractivity contribution in [3.63, 3.8) is 0 Å². The monoisotopic (exact) mass is 320 g/mol. The van der Waals surface area contributed by atoms with Gasteiger partial charge in [-0.15, -0.1) is 0 Å². The molecule has 6 heteroatoms. The Balaban J connectivity index is 2.26. The molecule has 0 aromatic heterocycles. The van der Waals surface area contributed by atoms with Gasteiger partial charge in [0, 0.05) is 28.7 Å². The summed E-state index contributed by atoms with van der Waals surface area (Å²) in [5.41, 5.74) is 0.404. The first-order chi connectivity index (χ1) is 9.79. The van der Waals surface area contributed by atoms with Gasteiger partial charge in [0.25, 0.3) is 0 Å². The first-order valence-corrected chi connectivity index (χ1v) is 8.39. The Hall–Kier alpha value is -1.92. The zero-order valence-electron chi connectivity index (χ0n) is 11.2. The molecule has 2 rings (SSSR count). The molecule has 0 saturated heterocycles. The van der Waals surface area contributed by atoms with E-state index in [9.17, 15) is 18.0 Å². The van der Waals surface area contributed by atoms with E-state index >= 15 is 0 Å². The highest BCUT2D eigenvalue weighted by Crippen LogP contribution is 2.15. The fourth-order valence-corrected chi connectivity index (χ4v) is 2.69. The van der Waals surface area contributed by atoms with Crippen molar-refractivity contribution in [2.45, 2.75) is 11.3 Å². The number of thiocarbonyl (C=S) groups is 1. The Bertz CT molecular complexity index is 781. The second-order valence-corrected chi connectivity index (χ2v) is 7.17. The molecule has 1 aliphatic carbocycles. The van der Waals surface area contributed by atoms with Crippen molar-refractivity contribution in [1.29, 1.82) is 0 Å². The van der Waals surface area contributed by atoms with Gasteiger partial charge in [0.1, 0.15) is 0 Å². The summed E-state index contributed by atoms with van der Waals surface area (Å²) in [7, 11) is -3.33. The van der Waals surface area contributed by atoms with Crippen LogP contribution in [0, 0.1) is 0 Å². The lowest BCUT2D eigenvalue weighted by Gasteiger charge is -2.06. The molecule has 0 atom stereocenters. The third-order valence-electron chi connectivity index (χ3n) is 2.95. The number of benzene rings is 1. The minimum atomic E-state index is -3.33. The van der Waals surface area contributed by atoms with Crippen LogP contribution >= 0.6 is 12.2 Å². The summed E-state index contributed by atoms with van der Waals surface area (Å²) in [4.78, 5) is 24.9. The number of hydrogen-bond acceptors (Lipinski definition) is 5. The topological polar surface area (TPSA) is 68.3 Å². The predicted molar refractivity (Wildman–Crippen MR) is 83.3 cm³/mol. The van der Waals surface area contributed by atoms with Crippen LogP contribution in [0.5, 0.6) is 0 Å². The van der Waals surface area contributed by atoms with Gasteiger partial charge < -0.3 is 0 Å². The fraction of sp³-hybridized carbons (Fsp3) is 0.133. The van der Waals surface area contributed by atoms with E-state index in [2.05, 4.69) is 0 Å². The van der Waals surface area contributed by atoms with Crippen LogP contribution in [0.1, 0.15) is 16.8 Å². The van der Waals surface area contributed by atoms with Crippen LogP contribution in [0.3, 0.4) is 0 Å². The van der Waals surface area contributed by atoms with E-state index in [0.29, 0.717) is 11.3 Å². The Kier molecular flexibility index (Phi) is 4.29. The van der Waals surface area contributed by atoms with Gasteiger partial charge in [-0.2, -0.15) is 0 Å². The molecule has 1 aliphatic rings. The zero-order chi connectivity index (χ0) is 15.6. The SMILES string of the molecule is CS(=O)(=O)c1ccc(C(=O)C(=O)C2=CC(=S)CC=C2)cc1. The van der Waals surface area contributed by atoms with Gasteiger partial charge in [-0.05, 0) is 30.3 Å². The second-order valence-electron chi connectivity index (χ2n) is 4.63. The molecule has 108 valence electrons.